The number of carbonyl (C=O) groups is 1. The molecule has 0 rings (SSSR count). The quantitative estimate of drug-likeness (QED) is 0.568. The Morgan fingerprint density at radius 3 is 2.17 bits per heavy atom. The molecule has 0 aromatic heterocycles. The van der Waals surface area contributed by atoms with Crippen molar-refractivity contribution < 1.29 is 23.1 Å². The molecule has 0 saturated carbocycles. The molecule has 0 spiro atoms. The van der Waals surface area contributed by atoms with Gasteiger partial charge in [-0.2, -0.15) is 8.78 Å². The summed E-state index contributed by atoms with van der Waals surface area (Å²) in [7, 11) is 0. The van der Waals surface area contributed by atoms with Crippen LogP contribution in [0.1, 0.15) is 0 Å². The monoisotopic (exact) mass is 265 g/mol. The fraction of sp³-hybridized carbons (Fsp3) is 0.400. The third-order valence-corrected chi connectivity index (χ3v) is 1.98. The van der Waals surface area contributed by atoms with Crippen LogP contribution in [0, 0.1) is 0 Å². The van der Waals surface area contributed by atoms with Gasteiger partial charge in [-0.1, -0.05) is 11.6 Å². The van der Waals surface area contributed by atoms with Gasteiger partial charge in [-0.3, -0.25) is 0 Å². The molecule has 0 heterocycles. The van der Waals surface area contributed by atoms with Crippen molar-refractivity contribution in [3.63, 3.8) is 0 Å². The number of hydrogen-bond donors (Lipinski definition) is 0. The highest BCUT2D eigenvalue weighted by Gasteiger charge is 2.49. The van der Waals surface area contributed by atoms with Gasteiger partial charge in [-0.25, -0.2) is 4.39 Å². The van der Waals surface area contributed by atoms with Gasteiger partial charge in [0.25, 0.3) is 5.13 Å². The van der Waals surface area contributed by atoms with E-state index >= 15 is 0 Å². The van der Waals surface area contributed by atoms with Crippen LogP contribution in [-0.4, -0.2) is 15.9 Å². The Hall–Kier alpha value is -0.230. The van der Waals surface area contributed by atoms with E-state index in [-0.39, 0.29) is 12.2 Å². The zero-order chi connectivity index (χ0) is 9.99. The number of carboxylic acids is 1. The van der Waals surface area contributed by atoms with Gasteiger partial charge in [-0.05, 0) is 28.1 Å². The lowest BCUT2D eigenvalue weighted by Gasteiger charge is -2.18. The normalized spacial score (nSPS) is 17.8. The summed E-state index contributed by atoms with van der Waals surface area (Å²) < 4.78 is 36.7. The smallest absolute Gasteiger partial charge is 0.352 e. The van der Waals surface area contributed by atoms with Crippen molar-refractivity contribution in [1.29, 1.82) is 0 Å². The second-order valence-electron chi connectivity index (χ2n) is 1.77. The minimum Gasteiger partial charge on any atom is -0.545 e. The van der Waals surface area contributed by atoms with E-state index in [1.807, 2.05) is 0 Å². The largest absolute Gasteiger partial charge is 0.545 e. The molecule has 2 nitrogen and oxygen atoms in total. The van der Waals surface area contributed by atoms with Gasteiger partial charge in [0.1, 0.15) is 0 Å². The molecule has 0 aromatic carbocycles. The number of allylic oxidation sites excluding steroid dienone is 1. The summed E-state index contributed by atoms with van der Waals surface area (Å²) in [5, 5.41) is 6.11. The Bertz CT molecular complexity index is 211. The first-order valence-corrected chi connectivity index (χ1v) is 3.68. The van der Waals surface area contributed by atoms with E-state index < -0.39 is 15.9 Å². The van der Waals surface area contributed by atoms with E-state index in [2.05, 4.69) is 11.6 Å². The number of hydrogen-bond acceptors (Lipinski definition) is 2. The molecule has 0 bridgehead atoms. The zero-order valence-electron chi connectivity index (χ0n) is 5.36. The Labute approximate surface area is 79.1 Å². The van der Waals surface area contributed by atoms with Gasteiger partial charge in [0.05, 0.1) is 5.97 Å². The molecule has 1 atom stereocenters. The Kier molecular flexibility index (Phi) is 3.59. The maximum absolute atomic E-state index is 12.5. The third-order valence-electron chi connectivity index (χ3n) is 0.807. The first kappa shape index (κ1) is 11.8. The molecule has 0 radical (unpaired) electrons. The Morgan fingerprint density at radius 2 is 1.92 bits per heavy atom. The second kappa shape index (κ2) is 3.66. The molecule has 0 aliphatic rings. The predicted molar refractivity (Wildman–Crippen MR) is 37.7 cm³/mol. The highest BCUT2D eigenvalue weighted by Crippen LogP contribution is 2.42. The van der Waals surface area contributed by atoms with E-state index in [4.69, 9.17) is 0 Å². The molecular formula is C5H2BrClF3O2-. The lowest BCUT2D eigenvalue weighted by molar-refractivity contribution is -0.297. The molecule has 12 heavy (non-hydrogen) atoms. The number of halogens is 5. The second-order valence-corrected chi connectivity index (χ2v) is 3.32. The van der Waals surface area contributed by atoms with Crippen LogP contribution in [0.4, 0.5) is 13.2 Å². The van der Waals surface area contributed by atoms with Crippen LogP contribution >= 0.6 is 27.5 Å². The molecule has 0 unspecified atom stereocenters. The maximum atomic E-state index is 12.5. The SMILES string of the molecule is O=C([O-])C=C[C@](F)(Cl)C(F)(F)Br. The molecule has 0 amide bonds. The molecule has 0 N–H and O–H groups in total. The van der Waals surface area contributed by atoms with Gasteiger partial charge in [-0.15, -0.1) is 0 Å². The Balaban J connectivity index is 4.54. The van der Waals surface area contributed by atoms with Crippen LogP contribution in [0.2, 0.25) is 0 Å². The van der Waals surface area contributed by atoms with Crippen LogP contribution < -0.4 is 5.11 Å². The highest BCUT2D eigenvalue weighted by atomic mass is 79.9. The summed E-state index contributed by atoms with van der Waals surface area (Å²) in [6.07, 6.45) is 0.0702. The van der Waals surface area contributed by atoms with E-state index in [1.54, 1.807) is 15.9 Å². The standard InChI is InChI=1S/C5H3BrClF3O2/c6-5(9,10)4(7,8)2-1-3(11)12/h1-2H,(H,11,12)/p-1/t4-/m1/s1. The maximum Gasteiger partial charge on any atom is 0.352 e. The average molecular weight is 266 g/mol. The summed E-state index contributed by atoms with van der Waals surface area (Å²) in [5.41, 5.74) is 0. The van der Waals surface area contributed by atoms with Gasteiger partial charge in [0.2, 0.25) is 0 Å². The Morgan fingerprint density at radius 1 is 1.50 bits per heavy atom. The molecule has 0 aromatic rings. The molecule has 70 valence electrons. The summed E-state index contributed by atoms with van der Waals surface area (Å²) in [6.45, 7) is 0. The highest BCUT2D eigenvalue weighted by molar-refractivity contribution is 9.10. The van der Waals surface area contributed by atoms with Crippen LogP contribution in [0.5, 0.6) is 0 Å². The number of carbonyl (C=O) groups excluding carboxylic acids is 1. The predicted octanol–water partition coefficient (Wildman–Crippen LogP) is 1.18. The lowest BCUT2D eigenvalue weighted by atomic mass is 10.3. The minimum atomic E-state index is -4.03. The van der Waals surface area contributed by atoms with Gasteiger partial charge in [0, 0.05) is 0 Å². The topological polar surface area (TPSA) is 40.1 Å². The van der Waals surface area contributed by atoms with E-state index in [1.165, 1.54) is 0 Å². The summed E-state index contributed by atoms with van der Waals surface area (Å²) in [6, 6.07) is 0. The van der Waals surface area contributed by atoms with Crippen LogP contribution in [-0.2, 0) is 4.79 Å². The molecule has 0 aliphatic heterocycles. The van der Waals surface area contributed by atoms with Crippen LogP contribution in [0.15, 0.2) is 12.2 Å². The fourth-order valence-electron chi connectivity index (χ4n) is 0.267. The number of alkyl halides is 5. The van der Waals surface area contributed by atoms with Gasteiger partial charge < -0.3 is 9.90 Å². The van der Waals surface area contributed by atoms with Gasteiger partial charge >= 0.3 is 4.83 Å². The van der Waals surface area contributed by atoms with Crippen molar-refractivity contribution in [3.8, 4) is 0 Å². The molecule has 7 heteroatoms. The first-order valence-electron chi connectivity index (χ1n) is 2.51. The van der Waals surface area contributed by atoms with Crippen LogP contribution in [0.3, 0.4) is 0 Å². The first-order chi connectivity index (χ1) is 5.17. The van der Waals surface area contributed by atoms with Crippen LogP contribution in [0.25, 0.3) is 0 Å². The van der Waals surface area contributed by atoms with Crippen molar-refractivity contribution in [2.24, 2.45) is 0 Å². The molecular weight excluding hydrogens is 264 g/mol. The molecule has 0 fully saturated rings. The van der Waals surface area contributed by atoms with E-state index in [0.29, 0.717) is 0 Å². The summed E-state index contributed by atoms with van der Waals surface area (Å²) in [5.74, 6) is -1.81. The van der Waals surface area contributed by atoms with Crippen molar-refractivity contribution in [2.45, 2.75) is 9.96 Å². The molecule has 0 saturated heterocycles. The summed E-state index contributed by atoms with van der Waals surface area (Å²) in [4.78, 5) is 5.66. The number of rotatable bonds is 3. The molecule has 0 aliphatic carbocycles. The fourth-order valence-corrected chi connectivity index (χ4v) is 0.462. The van der Waals surface area contributed by atoms with Crippen molar-refractivity contribution in [2.75, 3.05) is 0 Å². The van der Waals surface area contributed by atoms with Crippen molar-refractivity contribution >= 4 is 33.5 Å². The zero-order valence-corrected chi connectivity index (χ0v) is 7.70. The number of aliphatic carboxylic acids is 1. The van der Waals surface area contributed by atoms with E-state index in [0.717, 1.165) is 0 Å². The van der Waals surface area contributed by atoms with E-state index in [9.17, 15) is 23.1 Å². The van der Waals surface area contributed by atoms with Gasteiger partial charge in [0.15, 0.2) is 0 Å². The minimum absolute atomic E-state index is 0.0152. The summed E-state index contributed by atoms with van der Waals surface area (Å²) >= 11 is 6.26. The third kappa shape index (κ3) is 3.44. The lowest BCUT2D eigenvalue weighted by Crippen LogP contribution is -2.32. The van der Waals surface area contributed by atoms with Crippen molar-refractivity contribution in [3.05, 3.63) is 12.2 Å². The average Bonchev–Trinajstić information content (AvgIpc) is 1.81. The van der Waals surface area contributed by atoms with Crippen molar-refractivity contribution in [1.82, 2.24) is 0 Å². The number of carboxylic acid groups (broad SMARTS) is 1.